The van der Waals surface area contributed by atoms with Gasteiger partial charge in [-0.15, -0.1) is 0 Å². The fourth-order valence-corrected chi connectivity index (χ4v) is 9.46. The van der Waals surface area contributed by atoms with Gasteiger partial charge in [-0.05, 0) is 175 Å². The van der Waals surface area contributed by atoms with Gasteiger partial charge >= 0.3 is 0 Å². The van der Waals surface area contributed by atoms with Crippen molar-refractivity contribution in [1.29, 1.82) is 0 Å². The number of unbranched alkanes of at least 4 members (excludes halogenated alkanes) is 17. The predicted molar refractivity (Wildman–Crippen MR) is 451 cm³/mol. The maximum absolute atomic E-state index is 5.70. The molecule has 103 heavy (non-hydrogen) atoms. The maximum Gasteiger partial charge on any atom is 0.119 e. The number of rotatable bonds is 47. The van der Waals surface area contributed by atoms with Crippen LogP contribution in [0.5, 0.6) is 40.2 Å². The van der Waals surface area contributed by atoms with Crippen LogP contribution < -0.4 is 33.2 Å². The average molecular weight is 1400 g/mol. The molecule has 0 aliphatic heterocycles. The van der Waals surface area contributed by atoms with Crippen molar-refractivity contribution in [3.8, 4) is 40.2 Å². The van der Waals surface area contributed by atoms with Crippen LogP contribution in [0.25, 0.3) is 42.5 Å². The van der Waals surface area contributed by atoms with Gasteiger partial charge in [0, 0.05) is 13.7 Å². The third kappa shape index (κ3) is 52.0. The van der Waals surface area contributed by atoms with E-state index in [9.17, 15) is 0 Å². The van der Waals surface area contributed by atoms with Crippen LogP contribution >= 0.6 is 0 Å². The van der Waals surface area contributed by atoms with Crippen LogP contribution in [0.4, 0.5) is 0 Å². The van der Waals surface area contributed by atoms with Gasteiger partial charge in [-0.25, -0.2) is 0 Å². The number of hydrogen-bond donors (Lipinski definition) is 0. The normalized spacial score (nSPS) is 9.89. The minimum atomic E-state index is 0.747. The predicted octanol–water partition coefficient (Wildman–Crippen LogP) is 28.1. The third-order valence-electron chi connectivity index (χ3n) is 15.8. The first-order chi connectivity index (χ1) is 50.5. The van der Waals surface area contributed by atoms with E-state index in [1.54, 1.807) is 7.11 Å². The van der Waals surface area contributed by atoms with Crippen molar-refractivity contribution < 1.29 is 37.9 Å². The minimum absolute atomic E-state index is 0.747. The quantitative estimate of drug-likeness (QED) is 0.0349. The van der Waals surface area contributed by atoms with Crippen molar-refractivity contribution in [1.82, 2.24) is 0 Å². The summed E-state index contributed by atoms with van der Waals surface area (Å²) in [6.07, 6.45) is 42.5. The van der Waals surface area contributed by atoms with Crippen LogP contribution in [0.2, 0.25) is 0 Å². The molecule has 562 valence electrons. The second-order valence-corrected chi connectivity index (χ2v) is 24.7. The van der Waals surface area contributed by atoms with Gasteiger partial charge < -0.3 is 37.9 Å². The van der Waals surface area contributed by atoms with Crippen LogP contribution in [-0.2, 0) is 4.74 Å². The Morgan fingerprint density at radius 1 is 0.204 bits per heavy atom. The lowest BCUT2D eigenvalue weighted by molar-refractivity contribution is 0.184. The van der Waals surface area contributed by atoms with Crippen molar-refractivity contribution in [2.24, 2.45) is 0 Å². The molecule has 0 spiro atoms. The van der Waals surface area contributed by atoms with Gasteiger partial charge in [-0.3, -0.25) is 0 Å². The van der Waals surface area contributed by atoms with Gasteiger partial charge in [0.15, 0.2) is 0 Å². The molecule has 0 fully saturated rings. The van der Waals surface area contributed by atoms with E-state index in [0.29, 0.717) is 0 Å². The zero-order valence-electron chi connectivity index (χ0n) is 65.1. The molecule has 0 saturated heterocycles. The zero-order valence-corrected chi connectivity index (χ0v) is 65.1. The van der Waals surface area contributed by atoms with E-state index in [1.165, 1.54) is 103 Å². The van der Waals surface area contributed by atoms with E-state index >= 15 is 0 Å². The van der Waals surface area contributed by atoms with Crippen LogP contribution in [0, 0.1) is 0 Å². The summed E-state index contributed by atoms with van der Waals surface area (Å²) >= 11 is 0. The first-order valence-corrected chi connectivity index (χ1v) is 38.5. The maximum atomic E-state index is 5.70. The summed E-state index contributed by atoms with van der Waals surface area (Å²) in [6, 6.07) is 56.0. The molecular formula is C95H134O8. The number of ether oxygens (including phenoxy) is 8. The smallest absolute Gasteiger partial charge is 0.119 e. The van der Waals surface area contributed by atoms with E-state index < -0.39 is 0 Å². The summed E-state index contributed by atoms with van der Waals surface area (Å²) in [5.74, 6) is 6.61. The second-order valence-electron chi connectivity index (χ2n) is 24.7. The Bertz CT molecular complexity index is 3130. The molecule has 7 aromatic rings. The molecule has 0 unspecified atom stereocenters. The molecule has 0 radical (unpaired) electrons. The molecule has 0 amide bonds. The van der Waals surface area contributed by atoms with Crippen molar-refractivity contribution in [3.05, 3.63) is 255 Å². The van der Waals surface area contributed by atoms with Crippen LogP contribution in [-0.4, -0.2) is 60.0 Å². The molecule has 7 aromatic carbocycles. The highest BCUT2D eigenvalue weighted by molar-refractivity contribution is 5.53. The van der Waals surface area contributed by atoms with Gasteiger partial charge in [0.2, 0.25) is 0 Å². The molecule has 8 nitrogen and oxygen atoms in total. The molecule has 7 rings (SSSR count). The fraction of sp³-hybridized carbons (Fsp3) is 0.411. The Kier molecular flexibility index (Phi) is 60.7. The van der Waals surface area contributed by atoms with Crippen LogP contribution in [0.3, 0.4) is 0 Å². The first kappa shape index (κ1) is 92.3. The Morgan fingerprint density at radius 2 is 0.417 bits per heavy atom. The minimum Gasteiger partial charge on any atom is -0.494 e. The monoisotopic (exact) mass is 1400 g/mol. The number of methoxy groups -OCH3 is 1. The van der Waals surface area contributed by atoms with Gasteiger partial charge in [-0.1, -0.05) is 318 Å². The summed E-state index contributed by atoms with van der Waals surface area (Å²) in [7, 11) is 1.72. The van der Waals surface area contributed by atoms with E-state index in [4.69, 9.17) is 37.9 Å². The van der Waals surface area contributed by atoms with E-state index in [0.717, 1.165) is 183 Å². The van der Waals surface area contributed by atoms with Crippen molar-refractivity contribution in [2.45, 2.75) is 196 Å². The molecule has 0 aliphatic carbocycles. The first-order valence-electron chi connectivity index (χ1n) is 38.5. The standard InChI is InChI=1S/C17H26O.C15H22O.C14H20O.C13H18O2.C13H18O.C12H16O.C11H14O/c1-3-5-6-7-8-9-10-15-18-17-13-11-16(4-2)12-14-17;1-3-5-6-7-8-13-16-15-11-9-14(4-2)10-12-15;1-3-5-6-7-11-15-14-10-8-9-13(4-2)12-14;1-3-12-6-8-13(9-7-12)15-11-5-4-10-14-2;1-3-5-6-10-14-13-9-7-8-12(4-2)11-13;1-3-5-10-13-12-8-6-11(4-2)7-9-12;1-3-9-12-11-7-5-10(4-2)6-8-11/h4,11-14H,2-3,5-10,15H2,1H3;4,9-12H,2-3,5-8,13H2,1H3;4,8-10,12H,2-3,5-7,11H2,1H3;3,6-9H,1,4-5,10-11H2,2H3;4,7-9,11H,2-3,5-6,10H2,1H3;4,6-9H,2-3,5,10H2,1H3;4-8H,2-3,9H2,1H3. The SMILES string of the molecule is C=Cc1ccc(OCCC)cc1.C=Cc1ccc(OCCCC)cc1.C=Cc1ccc(OCCCCCCC)cc1.C=Cc1ccc(OCCCCCCCCC)cc1.C=Cc1ccc(OCCCCOC)cc1.C=Cc1cccc(OCCCCC)c1.C=Cc1cccc(OCCCCCC)c1. The molecule has 0 aliphatic rings. The topological polar surface area (TPSA) is 73.8 Å². The number of hydrogen-bond acceptors (Lipinski definition) is 8. The van der Waals surface area contributed by atoms with E-state index in [-0.39, 0.29) is 0 Å². The van der Waals surface area contributed by atoms with Gasteiger partial charge in [0.05, 0.1) is 46.2 Å². The molecule has 0 saturated carbocycles. The van der Waals surface area contributed by atoms with Gasteiger partial charge in [0.25, 0.3) is 0 Å². The highest BCUT2D eigenvalue weighted by atomic mass is 16.5. The lowest BCUT2D eigenvalue weighted by Crippen LogP contribution is -1.99. The van der Waals surface area contributed by atoms with Crippen molar-refractivity contribution in [3.63, 3.8) is 0 Å². The van der Waals surface area contributed by atoms with Crippen LogP contribution in [0.15, 0.2) is 216 Å². The van der Waals surface area contributed by atoms with Crippen molar-refractivity contribution >= 4 is 42.5 Å². The third-order valence-corrected chi connectivity index (χ3v) is 15.8. The Balaban J connectivity index is 0.000000603. The van der Waals surface area contributed by atoms with Crippen molar-refractivity contribution in [2.75, 3.05) is 60.0 Å². The molecule has 0 heterocycles. The van der Waals surface area contributed by atoms with E-state index in [1.807, 2.05) is 212 Å². The zero-order chi connectivity index (χ0) is 75.1. The summed E-state index contributed by atoms with van der Waals surface area (Å²) in [5.41, 5.74) is 7.86. The highest BCUT2D eigenvalue weighted by Gasteiger charge is 2.01. The highest BCUT2D eigenvalue weighted by Crippen LogP contribution is 2.20. The van der Waals surface area contributed by atoms with E-state index in [2.05, 4.69) is 87.6 Å². The van der Waals surface area contributed by atoms with Gasteiger partial charge in [0.1, 0.15) is 40.2 Å². The molecule has 0 bridgehead atoms. The number of benzene rings is 7. The Morgan fingerprint density at radius 3 is 0.689 bits per heavy atom. The molecule has 0 N–H and O–H groups in total. The Labute approximate surface area is 627 Å². The Hall–Kier alpha value is -8.72. The summed E-state index contributed by atoms with van der Waals surface area (Å²) in [5, 5.41) is 0. The molecule has 8 heteroatoms. The largest absolute Gasteiger partial charge is 0.494 e. The fourth-order valence-electron chi connectivity index (χ4n) is 9.46. The summed E-state index contributed by atoms with van der Waals surface area (Å²) < 4.78 is 44.1. The lowest BCUT2D eigenvalue weighted by Gasteiger charge is -2.06. The molecule has 0 atom stereocenters. The average Bonchev–Trinajstić information content (AvgIpc) is 1.41. The summed E-state index contributed by atoms with van der Waals surface area (Å²) in [6.45, 7) is 45.6. The van der Waals surface area contributed by atoms with Crippen LogP contribution in [0.1, 0.15) is 235 Å². The lowest BCUT2D eigenvalue weighted by atomic mass is 10.1. The summed E-state index contributed by atoms with van der Waals surface area (Å²) in [4.78, 5) is 0. The second kappa shape index (κ2) is 67.7. The molecule has 0 aromatic heterocycles. The van der Waals surface area contributed by atoms with Gasteiger partial charge in [-0.2, -0.15) is 0 Å². The molecular weight excluding hydrogens is 1270 g/mol.